The lowest BCUT2D eigenvalue weighted by molar-refractivity contribution is -0.436. The molecule has 1 aromatic rings. The monoisotopic (exact) mass is 423 g/mol. The van der Waals surface area contributed by atoms with Gasteiger partial charge in [0.2, 0.25) is 0 Å². The molecular formula is C17H18F9NO. The molecule has 1 aliphatic heterocycles. The van der Waals surface area contributed by atoms with Crippen LogP contribution in [0.25, 0.3) is 0 Å². The molecule has 11 heteroatoms. The smallest absolute Gasteiger partial charge is 0.447 e. The molecule has 28 heavy (non-hydrogen) atoms. The summed E-state index contributed by atoms with van der Waals surface area (Å²) < 4.78 is 121. The zero-order valence-electron chi connectivity index (χ0n) is 15.0. The van der Waals surface area contributed by atoms with Crippen LogP contribution in [-0.4, -0.2) is 29.7 Å². The van der Waals surface area contributed by atoms with E-state index in [2.05, 4.69) is 10.1 Å². The van der Waals surface area contributed by atoms with Gasteiger partial charge in [-0.05, 0) is 51.3 Å². The summed E-state index contributed by atoms with van der Waals surface area (Å²) in [4.78, 5) is 0. The van der Waals surface area contributed by atoms with Gasteiger partial charge in [-0.2, -0.15) is 39.5 Å². The van der Waals surface area contributed by atoms with Gasteiger partial charge in [0, 0.05) is 11.1 Å². The predicted molar refractivity (Wildman–Crippen MR) is 81.8 cm³/mol. The number of ether oxygens (including phenoxy) is 1. The molecule has 2 nitrogen and oxygen atoms in total. The first-order valence-corrected chi connectivity index (χ1v) is 8.14. The van der Waals surface area contributed by atoms with Gasteiger partial charge in [0.25, 0.3) is 0 Å². The van der Waals surface area contributed by atoms with Gasteiger partial charge < -0.3 is 10.1 Å². The molecule has 0 aromatic heterocycles. The van der Waals surface area contributed by atoms with E-state index in [0.29, 0.717) is 18.9 Å². The lowest BCUT2D eigenvalue weighted by Gasteiger charge is -2.38. The van der Waals surface area contributed by atoms with Crippen LogP contribution < -0.4 is 10.1 Å². The number of hydrogen-bond donors (Lipinski definition) is 1. The molecule has 1 aliphatic rings. The van der Waals surface area contributed by atoms with E-state index in [4.69, 9.17) is 0 Å². The fourth-order valence-electron chi connectivity index (χ4n) is 3.39. The van der Waals surface area contributed by atoms with E-state index < -0.39 is 35.4 Å². The summed E-state index contributed by atoms with van der Waals surface area (Å²) in [7, 11) is 0. The molecule has 2 rings (SSSR count). The van der Waals surface area contributed by atoms with Crippen molar-refractivity contribution < 1.29 is 44.3 Å². The van der Waals surface area contributed by atoms with Gasteiger partial charge in [-0.1, -0.05) is 12.1 Å². The molecule has 0 spiro atoms. The first-order chi connectivity index (χ1) is 12.3. The van der Waals surface area contributed by atoms with Crippen molar-refractivity contribution >= 4 is 0 Å². The van der Waals surface area contributed by atoms with Crippen molar-refractivity contribution in [3.63, 3.8) is 0 Å². The predicted octanol–water partition coefficient (Wildman–Crippen LogP) is 5.87. The zero-order valence-corrected chi connectivity index (χ0v) is 15.0. The van der Waals surface area contributed by atoms with Crippen molar-refractivity contribution in [1.82, 2.24) is 5.32 Å². The standard InChI is InChI=1S/C17H18F9NO/c1-12(2)7-8-13(3,27-12)10-5-4-6-11(9-10)28-14(15(18,19)20,16(21,22)23)17(24,25)26/h4-6,9,27H,7-8H2,1-3H3. The quantitative estimate of drug-likeness (QED) is 0.615. The van der Waals surface area contributed by atoms with Crippen LogP contribution in [0.15, 0.2) is 24.3 Å². The summed E-state index contributed by atoms with van der Waals surface area (Å²) >= 11 is 0. The van der Waals surface area contributed by atoms with Crippen molar-refractivity contribution in [2.24, 2.45) is 0 Å². The van der Waals surface area contributed by atoms with Gasteiger partial charge in [-0.15, -0.1) is 0 Å². The Balaban J connectivity index is 2.53. The number of halogens is 9. The topological polar surface area (TPSA) is 21.3 Å². The van der Waals surface area contributed by atoms with Crippen LogP contribution in [0.4, 0.5) is 39.5 Å². The molecular weight excluding hydrogens is 405 g/mol. The normalized spacial score (nSPS) is 23.7. The van der Waals surface area contributed by atoms with Crippen molar-refractivity contribution in [3.8, 4) is 5.75 Å². The van der Waals surface area contributed by atoms with E-state index in [9.17, 15) is 39.5 Å². The second-order valence-electron chi connectivity index (χ2n) is 7.65. The van der Waals surface area contributed by atoms with Crippen LogP contribution in [0, 0.1) is 0 Å². The first kappa shape index (κ1) is 22.6. The van der Waals surface area contributed by atoms with Crippen LogP contribution in [0.1, 0.15) is 39.2 Å². The molecule has 1 fully saturated rings. The highest BCUT2D eigenvalue weighted by molar-refractivity contribution is 5.35. The molecule has 0 saturated carbocycles. The minimum absolute atomic E-state index is 0.219. The van der Waals surface area contributed by atoms with Gasteiger partial charge in [-0.3, -0.25) is 0 Å². The lowest BCUT2D eigenvalue weighted by Crippen LogP contribution is -2.69. The van der Waals surface area contributed by atoms with Gasteiger partial charge in [-0.25, -0.2) is 0 Å². The van der Waals surface area contributed by atoms with E-state index in [1.807, 2.05) is 13.8 Å². The van der Waals surface area contributed by atoms with Gasteiger partial charge in [0.15, 0.2) is 0 Å². The maximum absolute atomic E-state index is 13.1. The van der Waals surface area contributed by atoms with Crippen molar-refractivity contribution in [1.29, 1.82) is 0 Å². The molecule has 1 heterocycles. The summed E-state index contributed by atoms with van der Waals surface area (Å²) in [6, 6.07) is 3.85. The van der Waals surface area contributed by atoms with Gasteiger partial charge >= 0.3 is 24.1 Å². The van der Waals surface area contributed by atoms with Crippen LogP contribution in [0.3, 0.4) is 0 Å². The van der Waals surface area contributed by atoms with Crippen molar-refractivity contribution in [2.75, 3.05) is 0 Å². The van der Waals surface area contributed by atoms with Crippen LogP contribution in [0.5, 0.6) is 5.75 Å². The highest BCUT2D eigenvalue weighted by atomic mass is 19.4. The Kier molecular flexibility index (Phi) is 5.20. The Bertz CT molecular complexity index is 685. The van der Waals surface area contributed by atoms with E-state index in [1.165, 1.54) is 6.07 Å². The first-order valence-electron chi connectivity index (χ1n) is 8.14. The average molecular weight is 423 g/mol. The number of nitrogens with one attached hydrogen (secondary N) is 1. The fourth-order valence-corrected chi connectivity index (χ4v) is 3.39. The Hall–Kier alpha value is -1.65. The fraction of sp³-hybridized carbons (Fsp3) is 0.647. The Morgan fingerprint density at radius 2 is 1.32 bits per heavy atom. The number of rotatable bonds is 3. The summed E-state index contributed by atoms with van der Waals surface area (Å²) in [6.07, 6.45) is -19.2. The van der Waals surface area contributed by atoms with E-state index in [0.717, 1.165) is 12.1 Å². The third kappa shape index (κ3) is 3.77. The number of alkyl halides is 9. The third-order valence-electron chi connectivity index (χ3n) is 4.80. The van der Waals surface area contributed by atoms with Gasteiger partial charge in [0.05, 0.1) is 0 Å². The molecule has 1 atom stereocenters. The van der Waals surface area contributed by atoms with E-state index in [-0.39, 0.29) is 11.1 Å². The number of benzene rings is 1. The Morgan fingerprint density at radius 1 is 0.821 bits per heavy atom. The minimum Gasteiger partial charge on any atom is -0.462 e. The molecule has 160 valence electrons. The maximum atomic E-state index is 13.1. The Morgan fingerprint density at radius 3 is 1.71 bits per heavy atom. The summed E-state index contributed by atoms with van der Waals surface area (Å²) in [5.41, 5.74) is -7.33. The SMILES string of the molecule is CC1(C)CCC(C)(c2cccc(OC(C(F)(F)F)(C(F)(F)F)C(F)(F)F)c2)N1. The van der Waals surface area contributed by atoms with Gasteiger partial charge in [0.1, 0.15) is 5.75 Å². The molecule has 0 radical (unpaired) electrons. The zero-order chi connectivity index (χ0) is 21.8. The summed E-state index contributed by atoms with van der Waals surface area (Å²) in [5, 5.41) is 3.18. The summed E-state index contributed by atoms with van der Waals surface area (Å²) in [6.45, 7) is 5.35. The summed E-state index contributed by atoms with van der Waals surface area (Å²) in [5.74, 6) is -1.18. The van der Waals surface area contributed by atoms with E-state index >= 15 is 0 Å². The highest BCUT2D eigenvalue weighted by Gasteiger charge is 2.87. The van der Waals surface area contributed by atoms with Crippen LogP contribution in [0.2, 0.25) is 0 Å². The van der Waals surface area contributed by atoms with Crippen LogP contribution >= 0.6 is 0 Å². The lowest BCUT2D eigenvalue weighted by atomic mass is 9.90. The average Bonchev–Trinajstić information content (AvgIpc) is 2.76. The second kappa shape index (κ2) is 6.43. The maximum Gasteiger partial charge on any atom is 0.447 e. The van der Waals surface area contributed by atoms with Crippen molar-refractivity contribution in [2.45, 2.75) is 68.8 Å². The Labute approximate surface area is 155 Å². The number of hydrogen-bond acceptors (Lipinski definition) is 2. The molecule has 1 aromatic carbocycles. The molecule has 0 aliphatic carbocycles. The second-order valence-corrected chi connectivity index (χ2v) is 7.65. The molecule has 0 bridgehead atoms. The molecule has 0 amide bonds. The van der Waals surface area contributed by atoms with Crippen LogP contribution in [-0.2, 0) is 5.54 Å². The largest absolute Gasteiger partial charge is 0.462 e. The van der Waals surface area contributed by atoms with E-state index in [1.54, 1.807) is 6.92 Å². The third-order valence-corrected chi connectivity index (χ3v) is 4.80. The minimum atomic E-state index is -6.78. The highest BCUT2D eigenvalue weighted by Crippen LogP contribution is 2.55. The molecule has 1 unspecified atom stereocenters. The van der Waals surface area contributed by atoms with Crippen molar-refractivity contribution in [3.05, 3.63) is 29.8 Å². The molecule has 1 saturated heterocycles. The molecule has 1 N–H and O–H groups in total.